The van der Waals surface area contributed by atoms with E-state index in [4.69, 9.17) is 4.74 Å². The molecule has 0 saturated heterocycles. The SMILES string of the molecule is COc1ccc(C(=O)C23CC4CC(CC(C)(C4)C2)C3)cc1. The van der Waals surface area contributed by atoms with Crippen LogP contribution in [0.4, 0.5) is 0 Å². The zero-order chi connectivity index (χ0) is 14.7. The molecule has 0 spiro atoms. The zero-order valence-electron chi connectivity index (χ0n) is 13.0. The van der Waals surface area contributed by atoms with Gasteiger partial charge in [-0.25, -0.2) is 0 Å². The Kier molecular flexibility index (Phi) is 2.76. The molecule has 0 amide bonds. The van der Waals surface area contributed by atoms with Gasteiger partial charge in [0.2, 0.25) is 0 Å². The van der Waals surface area contributed by atoms with Gasteiger partial charge in [-0.3, -0.25) is 4.79 Å². The van der Waals surface area contributed by atoms with Crippen LogP contribution in [0.1, 0.15) is 55.8 Å². The van der Waals surface area contributed by atoms with Gasteiger partial charge in [-0.05, 0) is 80.0 Å². The van der Waals surface area contributed by atoms with Crippen LogP contribution in [0.15, 0.2) is 24.3 Å². The molecule has 4 bridgehead atoms. The number of benzene rings is 1. The largest absolute Gasteiger partial charge is 0.497 e. The van der Waals surface area contributed by atoms with Gasteiger partial charge in [-0.1, -0.05) is 6.92 Å². The quantitative estimate of drug-likeness (QED) is 0.765. The first kappa shape index (κ1) is 13.4. The molecule has 1 aromatic carbocycles. The first-order chi connectivity index (χ1) is 10.0. The van der Waals surface area contributed by atoms with Crippen LogP contribution in [-0.4, -0.2) is 12.9 Å². The van der Waals surface area contributed by atoms with Gasteiger partial charge in [0.25, 0.3) is 0 Å². The Balaban J connectivity index is 1.67. The molecule has 4 saturated carbocycles. The maximum Gasteiger partial charge on any atom is 0.169 e. The van der Waals surface area contributed by atoms with Crippen LogP contribution in [-0.2, 0) is 0 Å². The third kappa shape index (κ3) is 2.03. The standard InChI is InChI=1S/C19H24O2/c1-18-8-13-7-14(9-18)11-19(10-13,12-18)17(20)15-3-5-16(21-2)6-4-15/h3-6,13-14H,7-12H2,1-2H3. The van der Waals surface area contributed by atoms with Gasteiger partial charge in [0.15, 0.2) is 5.78 Å². The highest BCUT2D eigenvalue weighted by molar-refractivity contribution is 6.01. The van der Waals surface area contributed by atoms with Crippen LogP contribution in [0.5, 0.6) is 5.75 Å². The molecule has 1 aromatic rings. The summed E-state index contributed by atoms with van der Waals surface area (Å²) in [6.07, 6.45) is 7.43. The second kappa shape index (κ2) is 4.34. The van der Waals surface area contributed by atoms with Crippen molar-refractivity contribution >= 4 is 5.78 Å². The smallest absolute Gasteiger partial charge is 0.169 e. The second-order valence-electron chi connectivity index (χ2n) is 8.11. The number of ketones is 1. The maximum atomic E-state index is 13.2. The molecule has 0 aliphatic heterocycles. The topological polar surface area (TPSA) is 26.3 Å². The fourth-order valence-corrected chi connectivity index (χ4v) is 6.03. The van der Waals surface area contributed by atoms with E-state index >= 15 is 0 Å². The molecule has 21 heavy (non-hydrogen) atoms. The number of hydrogen-bond donors (Lipinski definition) is 0. The highest BCUT2D eigenvalue weighted by Crippen LogP contribution is 2.65. The molecule has 4 fully saturated rings. The normalized spacial score (nSPS) is 40.3. The summed E-state index contributed by atoms with van der Waals surface area (Å²) in [6.45, 7) is 2.42. The molecule has 112 valence electrons. The van der Waals surface area contributed by atoms with E-state index in [9.17, 15) is 4.79 Å². The van der Waals surface area contributed by atoms with E-state index in [2.05, 4.69) is 6.92 Å². The fraction of sp³-hybridized carbons (Fsp3) is 0.632. The van der Waals surface area contributed by atoms with Crippen LogP contribution in [0.3, 0.4) is 0 Å². The van der Waals surface area contributed by atoms with Gasteiger partial charge in [0.05, 0.1) is 7.11 Å². The van der Waals surface area contributed by atoms with Crippen molar-refractivity contribution in [2.45, 2.75) is 45.4 Å². The van der Waals surface area contributed by atoms with E-state index in [0.717, 1.165) is 42.4 Å². The Morgan fingerprint density at radius 3 is 2.24 bits per heavy atom. The van der Waals surface area contributed by atoms with E-state index in [1.54, 1.807) is 7.11 Å². The average molecular weight is 284 g/mol. The number of Topliss-reactive ketones (excluding diaryl/α,β-unsaturated/α-hetero) is 1. The van der Waals surface area contributed by atoms with Gasteiger partial charge in [0.1, 0.15) is 5.75 Å². The molecule has 0 aromatic heterocycles. The minimum atomic E-state index is -0.0621. The fourth-order valence-electron chi connectivity index (χ4n) is 6.03. The summed E-state index contributed by atoms with van der Waals surface area (Å²) in [4.78, 5) is 13.2. The molecule has 4 aliphatic carbocycles. The molecule has 0 heterocycles. The lowest BCUT2D eigenvalue weighted by molar-refractivity contribution is -0.0820. The summed E-state index contributed by atoms with van der Waals surface area (Å²) in [5.41, 5.74) is 1.24. The van der Waals surface area contributed by atoms with Gasteiger partial charge >= 0.3 is 0 Å². The van der Waals surface area contributed by atoms with Crippen molar-refractivity contribution in [3.8, 4) is 5.75 Å². The lowest BCUT2D eigenvalue weighted by Gasteiger charge is -2.60. The van der Waals surface area contributed by atoms with E-state index in [1.165, 1.54) is 19.3 Å². The second-order valence-corrected chi connectivity index (χ2v) is 8.11. The summed E-state index contributed by atoms with van der Waals surface area (Å²) in [6, 6.07) is 7.72. The number of methoxy groups -OCH3 is 1. The minimum Gasteiger partial charge on any atom is -0.497 e. The lowest BCUT2D eigenvalue weighted by atomic mass is 9.43. The molecule has 5 rings (SSSR count). The van der Waals surface area contributed by atoms with Crippen molar-refractivity contribution < 1.29 is 9.53 Å². The first-order valence-corrected chi connectivity index (χ1v) is 8.21. The van der Waals surface area contributed by atoms with Crippen molar-refractivity contribution in [1.82, 2.24) is 0 Å². The van der Waals surface area contributed by atoms with E-state index in [1.807, 2.05) is 24.3 Å². The predicted octanol–water partition coefficient (Wildman–Crippen LogP) is 4.48. The maximum absolute atomic E-state index is 13.2. The van der Waals surface area contributed by atoms with Gasteiger partial charge in [0, 0.05) is 11.0 Å². The number of carbonyl (C=O) groups is 1. The summed E-state index contributed by atoms with van der Waals surface area (Å²) in [5.74, 6) is 2.80. The number of hydrogen-bond acceptors (Lipinski definition) is 2. The number of rotatable bonds is 3. The van der Waals surface area contributed by atoms with Gasteiger partial charge in [-0.2, -0.15) is 0 Å². The zero-order valence-corrected chi connectivity index (χ0v) is 13.0. The Morgan fingerprint density at radius 2 is 1.71 bits per heavy atom. The van der Waals surface area contributed by atoms with Crippen molar-refractivity contribution in [3.05, 3.63) is 29.8 Å². The van der Waals surface area contributed by atoms with Crippen molar-refractivity contribution in [1.29, 1.82) is 0 Å². The predicted molar refractivity (Wildman–Crippen MR) is 82.5 cm³/mol. The lowest BCUT2D eigenvalue weighted by Crippen LogP contribution is -2.54. The van der Waals surface area contributed by atoms with Crippen molar-refractivity contribution in [3.63, 3.8) is 0 Å². The Labute approximate surface area is 126 Å². The van der Waals surface area contributed by atoms with Crippen LogP contribution in [0, 0.1) is 22.7 Å². The molecular weight excluding hydrogens is 260 g/mol. The Morgan fingerprint density at radius 1 is 1.10 bits per heavy atom. The third-order valence-corrected chi connectivity index (χ3v) is 6.19. The molecule has 0 radical (unpaired) electrons. The molecule has 2 nitrogen and oxygen atoms in total. The molecule has 0 N–H and O–H groups in total. The Hall–Kier alpha value is -1.31. The number of ether oxygens (including phenoxy) is 1. The van der Waals surface area contributed by atoms with E-state index < -0.39 is 0 Å². The van der Waals surface area contributed by atoms with Crippen molar-refractivity contribution in [2.75, 3.05) is 7.11 Å². The van der Waals surface area contributed by atoms with E-state index in [-0.39, 0.29) is 5.41 Å². The van der Waals surface area contributed by atoms with E-state index in [0.29, 0.717) is 11.2 Å². The first-order valence-electron chi connectivity index (χ1n) is 8.21. The highest BCUT2D eigenvalue weighted by atomic mass is 16.5. The van der Waals surface area contributed by atoms with Crippen LogP contribution >= 0.6 is 0 Å². The van der Waals surface area contributed by atoms with Gasteiger partial charge < -0.3 is 4.74 Å². The van der Waals surface area contributed by atoms with Crippen LogP contribution < -0.4 is 4.74 Å². The highest BCUT2D eigenvalue weighted by Gasteiger charge is 2.58. The summed E-state index contributed by atoms with van der Waals surface area (Å²) in [7, 11) is 1.66. The molecular formula is C19H24O2. The third-order valence-electron chi connectivity index (χ3n) is 6.19. The summed E-state index contributed by atoms with van der Waals surface area (Å²) < 4.78 is 5.20. The summed E-state index contributed by atoms with van der Waals surface area (Å²) >= 11 is 0. The minimum absolute atomic E-state index is 0.0621. The molecule has 2 unspecified atom stereocenters. The monoisotopic (exact) mass is 284 g/mol. The number of carbonyl (C=O) groups excluding carboxylic acids is 1. The van der Waals surface area contributed by atoms with Crippen molar-refractivity contribution in [2.24, 2.45) is 22.7 Å². The molecule has 2 atom stereocenters. The van der Waals surface area contributed by atoms with Gasteiger partial charge in [-0.15, -0.1) is 0 Å². The molecule has 2 heteroatoms. The van der Waals surface area contributed by atoms with Crippen LogP contribution in [0.2, 0.25) is 0 Å². The summed E-state index contributed by atoms with van der Waals surface area (Å²) in [5, 5.41) is 0. The molecule has 4 aliphatic rings. The average Bonchev–Trinajstić information content (AvgIpc) is 2.44. The Bertz CT molecular complexity index is 558. The van der Waals surface area contributed by atoms with Crippen LogP contribution in [0.25, 0.3) is 0 Å².